The third kappa shape index (κ3) is 1.98. The lowest BCUT2D eigenvalue weighted by atomic mass is 10.2. The molecule has 0 radical (unpaired) electrons. The number of hydrogen-bond acceptors (Lipinski definition) is 3. The van der Waals surface area contributed by atoms with Crippen molar-refractivity contribution in [2.24, 2.45) is 7.05 Å². The van der Waals surface area contributed by atoms with Crippen molar-refractivity contribution in [1.29, 1.82) is 0 Å². The van der Waals surface area contributed by atoms with Gasteiger partial charge < -0.3 is 15.0 Å². The van der Waals surface area contributed by atoms with Crippen LogP contribution < -0.4 is 10.5 Å². The minimum Gasteiger partial charge on any atom is -0.497 e. The van der Waals surface area contributed by atoms with Gasteiger partial charge in [-0.05, 0) is 30.3 Å². The summed E-state index contributed by atoms with van der Waals surface area (Å²) >= 11 is 6.08. The molecule has 0 unspecified atom stereocenters. The van der Waals surface area contributed by atoms with Crippen LogP contribution in [0.3, 0.4) is 0 Å². The van der Waals surface area contributed by atoms with Gasteiger partial charge in [-0.2, -0.15) is 0 Å². The van der Waals surface area contributed by atoms with Gasteiger partial charge in [0.25, 0.3) is 0 Å². The molecule has 2 aromatic carbocycles. The molecule has 0 aliphatic carbocycles. The summed E-state index contributed by atoms with van der Waals surface area (Å²) in [6.07, 6.45) is 0. The van der Waals surface area contributed by atoms with Crippen LogP contribution in [0.2, 0.25) is 5.02 Å². The smallest absolute Gasteiger partial charge is 0.140 e. The fourth-order valence-electron chi connectivity index (χ4n) is 2.23. The predicted molar refractivity (Wildman–Crippen MR) is 82.1 cm³/mol. The number of aryl methyl sites for hydroxylation is 1. The van der Waals surface area contributed by atoms with Crippen molar-refractivity contribution < 1.29 is 4.74 Å². The number of methoxy groups -OCH3 is 1. The summed E-state index contributed by atoms with van der Waals surface area (Å²) in [5, 5.41) is 0.534. The molecule has 0 aliphatic heterocycles. The van der Waals surface area contributed by atoms with E-state index in [9.17, 15) is 0 Å². The Morgan fingerprint density at radius 3 is 2.70 bits per heavy atom. The minimum absolute atomic E-state index is 0.534. The Kier molecular flexibility index (Phi) is 3.03. The first-order valence-corrected chi connectivity index (χ1v) is 6.54. The van der Waals surface area contributed by atoms with Crippen LogP contribution in [0.5, 0.6) is 5.75 Å². The summed E-state index contributed by atoms with van der Waals surface area (Å²) < 4.78 is 7.25. The summed E-state index contributed by atoms with van der Waals surface area (Å²) in [4.78, 5) is 4.65. The Morgan fingerprint density at radius 1 is 1.20 bits per heavy atom. The first-order chi connectivity index (χ1) is 9.60. The van der Waals surface area contributed by atoms with Crippen LogP contribution in [-0.2, 0) is 7.05 Å². The number of ether oxygens (including phenoxy) is 1. The molecule has 0 spiro atoms. The monoisotopic (exact) mass is 287 g/mol. The number of rotatable bonds is 2. The number of anilines is 1. The lowest BCUT2D eigenvalue weighted by Gasteiger charge is -2.04. The van der Waals surface area contributed by atoms with Gasteiger partial charge in [-0.15, -0.1) is 0 Å². The SMILES string of the molecule is COc1ccc2c(c1)nc(-c1ccc(N)c(Cl)c1)n2C. The lowest BCUT2D eigenvalue weighted by molar-refractivity contribution is 0.415. The van der Waals surface area contributed by atoms with Crippen molar-refractivity contribution >= 4 is 28.3 Å². The molecule has 20 heavy (non-hydrogen) atoms. The van der Waals surface area contributed by atoms with Crippen molar-refractivity contribution in [3.05, 3.63) is 41.4 Å². The summed E-state index contributed by atoms with van der Waals surface area (Å²) in [5.41, 5.74) is 9.16. The van der Waals surface area contributed by atoms with E-state index in [1.807, 2.05) is 41.9 Å². The van der Waals surface area contributed by atoms with Crippen LogP contribution in [0, 0.1) is 0 Å². The van der Waals surface area contributed by atoms with Gasteiger partial charge in [0, 0.05) is 18.7 Å². The first-order valence-electron chi connectivity index (χ1n) is 6.16. The van der Waals surface area contributed by atoms with Crippen LogP contribution in [0.25, 0.3) is 22.4 Å². The normalized spacial score (nSPS) is 10.9. The second-order valence-corrected chi connectivity index (χ2v) is 4.99. The molecule has 0 bridgehead atoms. The summed E-state index contributed by atoms with van der Waals surface area (Å²) in [6, 6.07) is 11.4. The van der Waals surface area contributed by atoms with Gasteiger partial charge >= 0.3 is 0 Å². The molecule has 0 saturated carbocycles. The van der Waals surface area contributed by atoms with Gasteiger partial charge in [0.05, 0.1) is 28.9 Å². The molecule has 0 amide bonds. The molecule has 1 heterocycles. The van der Waals surface area contributed by atoms with Crippen LogP contribution in [-0.4, -0.2) is 16.7 Å². The second kappa shape index (κ2) is 4.72. The molecule has 2 N–H and O–H groups in total. The highest BCUT2D eigenvalue weighted by molar-refractivity contribution is 6.33. The fourth-order valence-corrected chi connectivity index (χ4v) is 2.41. The fraction of sp³-hybridized carbons (Fsp3) is 0.133. The number of nitrogen functional groups attached to an aromatic ring is 1. The van der Waals surface area contributed by atoms with Gasteiger partial charge in [0.1, 0.15) is 11.6 Å². The Morgan fingerprint density at radius 2 is 2.00 bits per heavy atom. The topological polar surface area (TPSA) is 53.1 Å². The lowest BCUT2D eigenvalue weighted by Crippen LogP contribution is -1.93. The summed E-state index contributed by atoms with van der Waals surface area (Å²) in [6.45, 7) is 0. The van der Waals surface area contributed by atoms with Crippen molar-refractivity contribution in [3.63, 3.8) is 0 Å². The number of halogens is 1. The van der Waals surface area contributed by atoms with Crippen LogP contribution in [0.15, 0.2) is 36.4 Å². The number of hydrogen-bond donors (Lipinski definition) is 1. The maximum Gasteiger partial charge on any atom is 0.140 e. The second-order valence-electron chi connectivity index (χ2n) is 4.59. The zero-order chi connectivity index (χ0) is 14.3. The van der Waals surface area contributed by atoms with E-state index in [0.29, 0.717) is 10.7 Å². The van der Waals surface area contributed by atoms with Crippen molar-refractivity contribution in [2.45, 2.75) is 0 Å². The number of nitrogens with zero attached hydrogens (tertiary/aromatic N) is 2. The van der Waals surface area contributed by atoms with Crippen molar-refractivity contribution in [2.75, 3.05) is 12.8 Å². The molecule has 0 saturated heterocycles. The van der Waals surface area contributed by atoms with Gasteiger partial charge in [-0.25, -0.2) is 4.98 Å². The minimum atomic E-state index is 0.534. The third-order valence-electron chi connectivity index (χ3n) is 3.35. The van der Waals surface area contributed by atoms with Crippen molar-refractivity contribution in [1.82, 2.24) is 9.55 Å². The van der Waals surface area contributed by atoms with E-state index in [1.54, 1.807) is 13.2 Å². The molecule has 0 fully saturated rings. The van der Waals surface area contributed by atoms with E-state index in [0.717, 1.165) is 28.2 Å². The highest BCUT2D eigenvalue weighted by Gasteiger charge is 2.11. The maximum atomic E-state index is 6.08. The Balaban J connectivity index is 2.20. The Bertz CT molecular complexity index is 795. The molecule has 102 valence electrons. The van der Waals surface area contributed by atoms with Gasteiger partial charge in [0.15, 0.2) is 0 Å². The molecular formula is C15H14ClN3O. The maximum absolute atomic E-state index is 6.08. The molecule has 0 aliphatic rings. The predicted octanol–water partition coefficient (Wildman–Crippen LogP) is 3.48. The molecule has 3 rings (SSSR count). The molecule has 4 nitrogen and oxygen atoms in total. The highest BCUT2D eigenvalue weighted by Crippen LogP contribution is 2.29. The van der Waals surface area contributed by atoms with Gasteiger partial charge in [-0.3, -0.25) is 0 Å². The Labute approximate surface area is 121 Å². The zero-order valence-corrected chi connectivity index (χ0v) is 12.0. The third-order valence-corrected chi connectivity index (χ3v) is 3.67. The van der Waals surface area contributed by atoms with Crippen LogP contribution >= 0.6 is 11.6 Å². The number of imidazole rings is 1. The van der Waals surface area contributed by atoms with E-state index < -0.39 is 0 Å². The largest absolute Gasteiger partial charge is 0.497 e. The molecular weight excluding hydrogens is 274 g/mol. The van der Waals surface area contributed by atoms with Crippen molar-refractivity contribution in [3.8, 4) is 17.1 Å². The van der Waals surface area contributed by atoms with E-state index in [2.05, 4.69) is 4.98 Å². The number of fused-ring (bicyclic) bond motifs is 1. The van der Waals surface area contributed by atoms with Crippen LogP contribution in [0.4, 0.5) is 5.69 Å². The Hall–Kier alpha value is -2.20. The van der Waals surface area contributed by atoms with Gasteiger partial charge in [0.2, 0.25) is 0 Å². The summed E-state index contributed by atoms with van der Waals surface area (Å²) in [7, 11) is 3.62. The summed E-state index contributed by atoms with van der Waals surface area (Å²) in [5.74, 6) is 1.63. The molecule has 5 heteroatoms. The molecule has 1 aromatic heterocycles. The molecule has 3 aromatic rings. The molecule has 0 atom stereocenters. The number of aromatic nitrogens is 2. The quantitative estimate of drug-likeness (QED) is 0.734. The van der Waals surface area contributed by atoms with Crippen LogP contribution in [0.1, 0.15) is 0 Å². The average Bonchev–Trinajstić information content (AvgIpc) is 2.78. The van der Waals surface area contributed by atoms with Gasteiger partial charge in [-0.1, -0.05) is 11.6 Å². The zero-order valence-electron chi connectivity index (χ0n) is 11.2. The number of nitrogens with two attached hydrogens (primary N) is 1. The standard InChI is InChI=1S/C15H14ClN3O/c1-19-14-6-4-10(20-2)8-13(14)18-15(19)9-3-5-12(17)11(16)7-9/h3-8H,17H2,1-2H3. The first kappa shape index (κ1) is 12.8. The van der Waals surface area contributed by atoms with E-state index in [4.69, 9.17) is 22.1 Å². The number of benzene rings is 2. The van der Waals surface area contributed by atoms with E-state index in [-0.39, 0.29) is 0 Å². The highest BCUT2D eigenvalue weighted by atomic mass is 35.5. The average molecular weight is 288 g/mol. The van der Waals surface area contributed by atoms with E-state index >= 15 is 0 Å². The van der Waals surface area contributed by atoms with E-state index in [1.165, 1.54) is 0 Å².